The Hall–Kier alpha value is -1.92. The van der Waals surface area contributed by atoms with Gasteiger partial charge in [-0.15, -0.1) is 0 Å². The molecule has 2 heterocycles. The molecule has 0 radical (unpaired) electrons. The first kappa shape index (κ1) is 8.67. The van der Waals surface area contributed by atoms with E-state index >= 15 is 0 Å². The maximum atomic E-state index is 5.34. The van der Waals surface area contributed by atoms with E-state index in [1.165, 1.54) is 0 Å². The van der Waals surface area contributed by atoms with Gasteiger partial charge in [-0.2, -0.15) is 0 Å². The van der Waals surface area contributed by atoms with Gasteiger partial charge in [0.1, 0.15) is 11.6 Å². The summed E-state index contributed by atoms with van der Waals surface area (Å²) in [6, 6.07) is 3.63. The van der Waals surface area contributed by atoms with E-state index < -0.39 is 0 Å². The Labute approximate surface area is 80.3 Å². The minimum atomic E-state index is 0.540. The predicted molar refractivity (Wildman–Crippen MR) is 55.2 cm³/mol. The van der Waals surface area contributed by atoms with Crippen molar-refractivity contribution in [2.75, 3.05) is 10.9 Å². The van der Waals surface area contributed by atoms with Crippen LogP contribution in [0.3, 0.4) is 0 Å². The number of nitrogens with two attached hydrogens (primary N) is 2. The number of fused-ring (bicyclic) bond motifs is 1. The van der Waals surface area contributed by atoms with Crippen molar-refractivity contribution in [3.05, 3.63) is 24.5 Å². The van der Waals surface area contributed by atoms with Gasteiger partial charge in [0, 0.05) is 23.2 Å². The molecule has 0 spiro atoms. The van der Waals surface area contributed by atoms with Crippen molar-refractivity contribution < 1.29 is 0 Å². The SMILES string of the molecule is NNc1cc2cnccc2c(NN)n1. The molecule has 0 unspecified atom stereocenters. The maximum absolute atomic E-state index is 5.34. The van der Waals surface area contributed by atoms with Crippen LogP contribution < -0.4 is 22.5 Å². The highest BCUT2D eigenvalue weighted by molar-refractivity contribution is 5.92. The van der Waals surface area contributed by atoms with Gasteiger partial charge in [-0.1, -0.05) is 0 Å². The molecule has 0 aliphatic rings. The van der Waals surface area contributed by atoms with Crippen molar-refractivity contribution in [1.82, 2.24) is 9.97 Å². The van der Waals surface area contributed by atoms with Gasteiger partial charge < -0.3 is 10.9 Å². The van der Waals surface area contributed by atoms with Crippen molar-refractivity contribution in [1.29, 1.82) is 0 Å². The Balaban J connectivity index is 2.73. The lowest BCUT2D eigenvalue weighted by molar-refractivity contribution is 1.20. The Morgan fingerprint density at radius 1 is 1.21 bits per heavy atom. The predicted octanol–water partition coefficient (Wildman–Crippen LogP) is 0.201. The van der Waals surface area contributed by atoms with Crippen LogP contribution in [0.1, 0.15) is 0 Å². The summed E-state index contributed by atoms with van der Waals surface area (Å²) >= 11 is 0. The van der Waals surface area contributed by atoms with Crippen LogP contribution in [0.15, 0.2) is 24.5 Å². The van der Waals surface area contributed by atoms with E-state index in [9.17, 15) is 0 Å². The molecule has 6 heteroatoms. The number of aromatic nitrogens is 2. The molecule has 0 amide bonds. The molecule has 2 aromatic rings. The summed E-state index contributed by atoms with van der Waals surface area (Å²) in [5, 5.41) is 1.82. The van der Waals surface area contributed by atoms with E-state index in [-0.39, 0.29) is 0 Å². The second-order valence-corrected chi connectivity index (χ2v) is 2.74. The molecule has 0 aliphatic heterocycles. The largest absolute Gasteiger partial charge is 0.308 e. The number of rotatable bonds is 2. The van der Waals surface area contributed by atoms with Crippen LogP contribution in [-0.2, 0) is 0 Å². The number of nitrogen functional groups attached to an aromatic ring is 2. The van der Waals surface area contributed by atoms with Crippen LogP contribution in [0.5, 0.6) is 0 Å². The lowest BCUT2D eigenvalue weighted by Crippen LogP contribution is -2.13. The number of pyridine rings is 2. The van der Waals surface area contributed by atoms with Gasteiger partial charge in [0.2, 0.25) is 0 Å². The van der Waals surface area contributed by atoms with Gasteiger partial charge in [-0.3, -0.25) is 4.98 Å². The van der Waals surface area contributed by atoms with E-state index in [4.69, 9.17) is 11.7 Å². The molecule has 0 fully saturated rings. The zero-order valence-corrected chi connectivity index (χ0v) is 7.36. The molecule has 0 bridgehead atoms. The molecule has 2 aromatic heterocycles. The molecule has 0 aromatic carbocycles. The van der Waals surface area contributed by atoms with Crippen LogP contribution in [0.4, 0.5) is 11.6 Å². The highest BCUT2D eigenvalue weighted by Crippen LogP contribution is 2.22. The number of nitrogens with zero attached hydrogens (tertiary/aromatic N) is 2. The summed E-state index contributed by atoms with van der Waals surface area (Å²) in [5.41, 5.74) is 4.97. The standard InChI is InChI=1S/C8H10N6/c9-13-7-3-5-4-11-2-1-6(5)8(12-7)14-10/h1-4H,9-10H2,(H2,12,13,14). The second-order valence-electron chi connectivity index (χ2n) is 2.74. The highest BCUT2D eigenvalue weighted by Gasteiger charge is 2.03. The molecule has 2 rings (SSSR count). The zero-order chi connectivity index (χ0) is 9.97. The third-order valence-corrected chi connectivity index (χ3v) is 1.92. The molecule has 72 valence electrons. The lowest BCUT2D eigenvalue weighted by atomic mass is 10.2. The van der Waals surface area contributed by atoms with E-state index in [1.807, 2.05) is 6.07 Å². The lowest BCUT2D eigenvalue weighted by Gasteiger charge is -2.07. The van der Waals surface area contributed by atoms with Crippen LogP contribution in [0, 0.1) is 0 Å². The summed E-state index contributed by atoms with van der Waals surface area (Å²) in [7, 11) is 0. The fourth-order valence-corrected chi connectivity index (χ4v) is 1.28. The van der Waals surface area contributed by atoms with E-state index in [0.717, 1.165) is 10.8 Å². The van der Waals surface area contributed by atoms with Gasteiger partial charge in [-0.25, -0.2) is 16.7 Å². The molecule has 6 nitrogen and oxygen atoms in total. The molecule has 0 atom stereocenters. The minimum absolute atomic E-state index is 0.540. The molecule has 14 heavy (non-hydrogen) atoms. The van der Waals surface area contributed by atoms with E-state index in [2.05, 4.69) is 20.8 Å². The van der Waals surface area contributed by atoms with Crippen molar-refractivity contribution >= 4 is 22.4 Å². The summed E-state index contributed by atoms with van der Waals surface area (Å²) in [6.07, 6.45) is 3.40. The summed E-state index contributed by atoms with van der Waals surface area (Å²) in [5.74, 6) is 11.7. The van der Waals surface area contributed by atoms with Gasteiger partial charge >= 0.3 is 0 Å². The normalized spacial score (nSPS) is 10.1. The average Bonchev–Trinajstić information content (AvgIpc) is 2.27. The molecule has 0 saturated carbocycles. The zero-order valence-electron chi connectivity index (χ0n) is 7.36. The Kier molecular flexibility index (Phi) is 2.13. The number of hydrogen-bond donors (Lipinski definition) is 4. The number of hydrogen-bond acceptors (Lipinski definition) is 6. The van der Waals surface area contributed by atoms with Crippen LogP contribution in [0.25, 0.3) is 10.8 Å². The number of hydrazine groups is 2. The molecule has 0 aliphatic carbocycles. The molecular weight excluding hydrogens is 180 g/mol. The second kappa shape index (κ2) is 3.44. The number of nitrogens with one attached hydrogen (secondary N) is 2. The summed E-state index contributed by atoms with van der Waals surface area (Å²) in [4.78, 5) is 8.14. The van der Waals surface area contributed by atoms with Crippen molar-refractivity contribution in [3.8, 4) is 0 Å². The van der Waals surface area contributed by atoms with Gasteiger partial charge in [0.05, 0.1) is 0 Å². The first-order valence-corrected chi connectivity index (χ1v) is 4.03. The summed E-state index contributed by atoms with van der Waals surface area (Å²) in [6.45, 7) is 0. The van der Waals surface area contributed by atoms with Crippen molar-refractivity contribution in [2.24, 2.45) is 11.7 Å². The van der Waals surface area contributed by atoms with Gasteiger partial charge in [-0.05, 0) is 12.1 Å². The Morgan fingerprint density at radius 3 is 2.79 bits per heavy atom. The fraction of sp³-hybridized carbons (Fsp3) is 0. The van der Waals surface area contributed by atoms with Gasteiger partial charge in [0.25, 0.3) is 0 Å². The van der Waals surface area contributed by atoms with Crippen molar-refractivity contribution in [2.45, 2.75) is 0 Å². The monoisotopic (exact) mass is 190 g/mol. The topological polar surface area (TPSA) is 102 Å². The van der Waals surface area contributed by atoms with Crippen LogP contribution >= 0.6 is 0 Å². The van der Waals surface area contributed by atoms with Gasteiger partial charge in [0.15, 0.2) is 0 Å². The van der Waals surface area contributed by atoms with Crippen LogP contribution in [-0.4, -0.2) is 9.97 Å². The minimum Gasteiger partial charge on any atom is -0.308 e. The quantitative estimate of drug-likeness (QED) is 0.398. The highest BCUT2D eigenvalue weighted by atomic mass is 15.3. The third kappa shape index (κ3) is 1.32. The van der Waals surface area contributed by atoms with E-state index in [0.29, 0.717) is 11.6 Å². The molecular formula is C8H10N6. The first-order chi connectivity index (χ1) is 6.85. The maximum Gasteiger partial charge on any atom is 0.150 e. The average molecular weight is 190 g/mol. The fourth-order valence-electron chi connectivity index (χ4n) is 1.28. The summed E-state index contributed by atoms with van der Waals surface area (Å²) < 4.78 is 0. The van der Waals surface area contributed by atoms with Crippen LogP contribution in [0.2, 0.25) is 0 Å². The van der Waals surface area contributed by atoms with Crippen molar-refractivity contribution in [3.63, 3.8) is 0 Å². The first-order valence-electron chi connectivity index (χ1n) is 4.03. The Bertz CT molecular complexity index is 455. The smallest absolute Gasteiger partial charge is 0.150 e. The molecule has 6 N–H and O–H groups in total. The number of anilines is 2. The van der Waals surface area contributed by atoms with E-state index in [1.54, 1.807) is 18.5 Å². The Morgan fingerprint density at radius 2 is 2.07 bits per heavy atom. The third-order valence-electron chi connectivity index (χ3n) is 1.92. The molecule has 0 saturated heterocycles.